The fraction of sp³-hybridized carbons (Fsp3) is 0. The van der Waals surface area contributed by atoms with Crippen LogP contribution >= 0.6 is 31.9 Å². The number of halogens is 2. The molecule has 0 amide bonds. The van der Waals surface area contributed by atoms with Crippen molar-refractivity contribution in [1.82, 2.24) is 0 Å². The van der Waals surface area contributed by atoms with Gasteiger partial charge in [-0.3, -0.25) is 13.9 Å². The Hall–Kier alpha value is -1.11. The van der Waals surface area contributed by atoms with Crippen LogP contribution in [0.1, 0.15) is 15.9 Å². The summed E-state index contributed by atoms with van der Waals surface area (Å²) in [4.78, 5) is 11.2. The first-order chi connectivity index (χ1) is 10.9. The van der Waals surface area contributed by atoms with Crippen molar-refractivity contribution in [2.45, 2.75) is 9.79 Å². The number of benzene rings is 2. The van der Waals surface area contributed by atoms with Crippen LogP contribution in [0.25, 0.3) is 0 Å². The van der Waals surface area contributed by atoms with Crippen LogP contribution in [0.2, 0.25) is 0 Å². The van der Waals surface area contributed by atoms with Crippen molar-refractivity contribution in [1.29, 1.82) is 0 Å². The highest BCUT2D eigenvalue weighted by molar-refractivity contribution is 9.10. The Kier molecular flexibility index (Phi) is 5.33. The first-order valence-corrected chi connectivity index (χ1v) is 10.5. The summed E-state index contributed by atoms with van der Waals surface area (Å²) < 4.78 is 65.1. The topological polar surface area (TPSA) is 126 Å². The summed E-state index contributed by atoms with van der Waals surface area (Å²) in [6.45, 7) is 0. The van der Waals surface area contributed by atoms with Gasteiger partial charge in [-0.25, -0.2) is 0 Å². The van der Waals surface area contributed by atoms with Gasteiger partial charge in [0.1, 0.15) is 9.79 Å². The van der Waals surface area contributed by atoms with Gasteiger partial charge in [-0.2, -0.15) is 16.8 Å². The molecule has 2 N–H and O–H groups in total. The van der Waals surface area contributed by atoms with Crippen molar-refractivity contribution in [3.8, 4) is 0 Å². The van der Waals surface area contributed by atoms with Gasteiger partial charge in [0.05, 0.1) is 0 Å². The first-order valence-electron chi connectivity index (χ1n) is 6.00. The molecule has 7 nitrogen and oxygen atoms in total. The predicted molar refractivity (Wildman–Crippen MR) is 91.3 cm³/mol. The molecule has 24 heavy (non-hydrogen) atoms. The van der Waals surface area contributed by atoms with E-state index in [0.29, 0.717) is 0 Å². The SMILES string of the molecule is O=C(c1ccc(Br)cc1S(=O)(=O)O)c1ccc(Br)cc1S(=O)(=O)O. The van der Waals surface area contributed by atoms with Crippen LogP contribution in [0.4, 0.5) is 0 Å². The Bertz CT molecular complexity index is 960. The molecule has 2 rings (SSSR count). The minimum absolute atomic E-state index is 0.289. The van der Waals surface area contributed by atoms with Crippen LogP contribution in [0, 0.1) is 0 Å². The first kappa shape index (κ1) is 19.2. The second-order valence-electron chi connectivity index (χ2n) is 4.56. The summed E-state index contributed by atoms with van der Waals surface area (Å²) in [5.74, 6) is -0.991. The average molecular weight is 500 g/mol. The van der Waals surface area contributed by atoms with Crippen LogP contribution in [-0.2, 0) is 20.2 Å². The number of hydrogen-bond acceptors (Lipinski definition) is 5. The van der Waals surface area contributed by atoms with Gasteiger partial charge in [0.15, 0.2) is 5.78 Å². The van der Waals surface area contributed by atoms with Gasteiger partial charge in [0.25, 0.3) is 20.2 Å². The maximum atomic E-state index is 12.6. The third-order valence-electron chi connectivity index (χ3n) is 2.93. The minimum atomic E-state index is -4.74. The summed E-state index contributed by atoms with van der Waals surface area (Å²) in [7, 11) is -9.48. The van der Waals surface area contributed by atoms with Crippen LogP contribution < -0.4 is 0 Å². The van der Waals surface area contributed by atoms with E-state index in [4.69, 9.17) is 0 Å². The molecule has 0 heterocycles. The van der Waals surface area contributed by atoms with E-state index >= 15 is 0 Å². The van der Waals surface area contributed by atoms with E-state index in [9.17, 15) is 30.7 Å². The second-order valence-corrected chi connectivity index (χ2v) is 9.17. The molecule has 0 unspecified atom stereocenters. The third-order valence-corrected chi connectivity index (χ3v) is 5.71. The lowest BCUT2D eigenvalue weighted by Crippen LogP contribution is -2.13. The van der Waals surface area contributed by atoms with Crippen molar-refractivity contribution in [3.05, 3.63) is 56.5 Å². The molecule has 0 saturated heterocycles. The molecule has 2 aromatic rings. The number of rotatable bonds is 4. The highest BCUT2D eigenvalue weighted by Gasteiger charge is 2.26. The second kappa shape index (κ2) is 6.65. The maximum absolute atomic E-state index is 12.6. The Labute approximate surface area is 154 Å². The molecule has 0 saturated carbocycles. The maximum Gasteiger partial charge on any atom is 0.295 e. The smallest absolute Gasteiger partial charge is 0.289 e. The van der Waals surface area contributed by atoms with E-state index in [2.05, 4.69) is 31.9 Å². The van der Waals surface area contributed by atoms with Crippen LogP contribution in [-0.4, -0.2) is 31.7 Å². The van der Waals surface area contributed by atoms with E-state index in [1.807, 2.05) is 0 Å². The lowest BCUT2D eigenvalue weighted by atomic mass is 10.0. The summed E-state index contributed by atoms with van der Waals surface area (Å²) in [5, 5.41) is 0. The average Bonchev–Trinajstić information content (AvgIpc) is 2.44. The van der Waals surface area contributed by atoms with E-state index < -0.39 is 46.9 Å². The lowest BCUT2D eigenvalue weighted by molar-refractivity contribution is 0.103. The Morgan fingerprint density at radius 2 is 1.08 bits per heavy atom. The summed E-state index contributed by atoms with van der Waals surface area (Å²) in [6.07, 6.45) is 0. The highest BCUT2D eigenvalue weighted by Crippen LogP contribution is 2.27. The lowest BCUT2D eigenvalue weighted by Gasteiger charge is -2.10. The van der Waals surface area contributed by atoms with Gasteiger partial charge in [-0.1, -0.05) is 31.9 Å². The molecule has 2 aromatic carbocycles. The molecule has 0 radical (unpaired) electrons. The fourth-order valence-electron chi connectivity index (χ4n) is 1.94. The van der Waals surface area contributed by atoms with Crippen LogP contribution in [0.15, 0.2) is 55.1 Å². The van der Waals surface area contributed by atoms with Crippen LogP contribution in [0.3, 0.4) is 0 Å². The number of carbonyl (C=O) groups is 1. The zero-order valence-corrected chi connectivity index (χ0v) is 16.3. The molecule has 128 valence electrons. The zero-order chi connectivity index (χ0) is 18.3. The fourth-order valence-corrected chi connectivity index (χ4v) is 4.39. The normalized spacial score (nSPS) is 12.2. The van der Waals surface area contributed by atoms with Gasteiger partial charge in [-0.15, -0.1) is 0 Å². The number of carbonyl (C=O) groups excluding carboxylic acids is 1. The van der Waals surface area contributed by atoms with Crippen molar-refractivity contribution >= 4 is 57.9 Å². The Morgan fingerprint density at radius 3 is 1.38 bits per heavy atom. The zero-order valence-electron chi connectivity index (χ0n) is 11.5. The molecule has 0 aliphatic carbocycles. The Balaban J connectivity index is 2.77. The standard InChI is InChI=1S/C13H8Br2O7S2/c14-7-1-3-9(11(5-7)23(17,18)19)13(16)10-4-2-8(15)6-12(10)24(20,21)22/h1-6H,(H,17,18,19)(H,20,21,22). The van der Waals surface area contributed by atoms with Crippen molar-refractivity contribution < 1.29 is 30.7 Å². The van der Waals surface area contributed by atoms with Gasteiger partial charge in [0.2, 0.25) is 0 Å². The quantitative estimate of drug-likeness (QED) is 0.489. The van der Waals surface area contributed by atoms with E-state index in [1.165, 1.54) is 12.1 Å². The van der Waals surface area contributed by atoms with E-state index in [-0.39, 0.29) is 8.95 Å². The van der Waals surface area contributed by atoms with Crippen molar-refractivity contribution in [3.63, 3.8) is 0 Å². The predicted octanol–water partition coefficient (Wildman–Crippen LogP) is 2.94. The summed E-state index contributed by atoms with van der Waals surface area (Å²) in [5.41, 5.74) is -0.874. The highest BCUT2D eigenvalue weighted by atomic mass is 79.9. The minimum Gasteiger partial charge on any atom is -0.289 e. The van der Waals surface area contributed by atoms with Crippen molar-refractivity contribution in [2.75, 3.05) is 0 Å². The van der Waals surface area contributed by atoms with E-state index in [0.717, 1.165) is 24.3 Å². The third kappa shape index (κ3) is 4.10. The largest absolute Gasteiger partial charge is 0.295 e. The number of ketones is 1. The summed E-state index contributed by atoms with van der Waals surface area (Å²) >= 11 is 6.04. The molecule has 0 aliphatic heterocycles. The molecular weight excluding hydrogens is 492 g/mol. The molecule has 0 atom stereocenters. The van der Waals surface area contributed by atoms with E-state index in [1.54, 1.807) is 0 Å². The van der Waals surface area contributed by atoms with Crippen molar-refractivity contribution in [2.24, 2.45) is 0 Å². The molecule has 0 bridgehead atoms. The molecule has 0 spiro atoms. The molecular formula is C13H8Br2O7S2. The van der Waals surface area contributed by atoms with Gasteiger partial charge in [0, 0.05) is 20.1 Å². The molecule has 0 fully saturated rings. The molecule has 0 aromatic heterocycles. The van der Waals surface area contributed by atoms with Gasteiger partial charge in [-0.05, 0) is 36.4 Å². The monoisotopic (exact) mass is 498 g/mol. The van der Waals surface area contributed by atoms with Gasteiger partial charge < -0.3 is 0 Å². The van der Waals surface area contributed by atoms with Gasteiger partial charge >= 0.3 is 0 Å². The molecule has 11 heteroatoms. The van der Waals surface area contributed by atoms with Crippen LogP contribution in [0.5, 0.6) is 0 Å². The number of hydrogen-bond donors (Lipinski definition) is 2. The Morgan fingerprint density at radius 1 is 0.750 bits per heavy atom. The molecule has 0 aliphatic rings. The summed E-state index contributed by atoms with van der Waals surface area (Å²) in [6, 6.07) is 6.96.